The normalized spacial score (nSPS) is 15.4. The van der Waals surface area contributed by atoms with Gasteiger partial charge in [-0.1, -0.05) is 123 Å². The Labute approximate surface area is 309 Å². The van der Waals surface area contributed by atoms with Crippen LogP contribution in [0.25, 0.3) is 33.3 Å². The van der Waals surface area contributed by atoms with Crippen LogP contribution in [0, 0.1) is 14.9 Å². The predicted molar refractivity (Wildman–Crippen MR) is 209 cm³/mol. The number of nitrogens with zero attached hydrogens (tertiary/aromatic N) is 1. The van der Waals surface area contributed by atoms with E-state index in [-0.39, 0.29) is 20.5 Å². The number of benzene rings is 4. The molecule has 2 unspecified atom stereocenters. The molecule has 1 heterocycles. The third-order valence-corrected chi connectivity index (χ3v) is 15.5. The molecule has 2 atom stereocenters. The van der Waals surface area contributed by atoms with Gasteiger partial charge in [0.15, 0.2) is 0 Å². The number of rotatable bonds is 9. The Morgan fingerprint density at radius 3 is 1.75 bits per heavy atom. The van der Waals surface area contributed by atoms with Crippen molar-refractivity contribution in [3.8, 4) is 22.4 Å². The molecule has 0 spiro atoms. The Bertz CT molecular complexity index is 1780. The van der Waals surface area contributed by atoms with Crippen LogP contribution in [-0.4, -0.2) is 24.8 Å². The summed E-state index contributed by atoms with van der Waals surface area (Å²) in [4.78, 5) is 0. The van der Waals surface area contributed by atoms with E-state index >= 15 is 0 Å². The van der Waals surface area contributed by atoms with Crippen LogP contribution in [0.15, 0.2) is 97.1 Å². The number of unbranched alkanes of at least 4 members (excludes halogenated alkanes) is 3. The molecule has 48 heavy (non-hydrogen) atoms. The standard InChI is InChI=1S/C40H45NOSi.2CH3.2ClH.Zr/c1-40(2,3)42-26-16-6-7-17-27-43(5,38-31-21-11-8-18-28(31)29-19-9-12-22-32(29)38)39-33-23-13-10-20-30(33)37-36(39)34-24-14-15-25-35(34)41(37)4;;;;;/h8-15,18-25,38-39H,6-7,16-17,26-27H2,1-5H3;2*1H3;2*1H;/q;2*-1;;;+4/p-2. The molecule has 4 aromatic carbocycles. The zero-order valence-electron chi connectivity index (χ0n) is 29.7. The first kappa shape index (κ1) is 38.9. The van der Waals surface area contributed by atoms with Gasteiger partial charge < -0.3 is 24.2 Å². The molecular formula is C42H51Cl2NOSiZr. The molecule has 2 aliphatic carbocycles. The number of hydrogen-bond donors (Lipinski definition) is 0. The van der Waals surface area contributed by atoms with E-state index in [2.05, 4.69) is 136 Å². The number of ether oxygens (including phenoxy) is 1. The molecule has 7 rings (SSSR count). The third-order valence-electron chi connectivity index (χ3n) is 10.3. The summed E-state index contributed by atoms with van der Waals surface area (Å²) in [6, 6.07) is 38.4. The SMILES string of the molecule is Cn1c2c(c3ccccc31)C([Si](C)(CCCCCCOC(C)(C)C)C1c3ccccc3-c3ccccc31)c1ccccc1-2.[CH3-].[CH3-].[Cl][Zr+2][Cl]. The van der Waals surface area contributed by atoms with Gasteiger partial charge in [0, 0.05) is 41.2 Å². The topological polar surface area (TPSA) is 14.2 Å². The zero-order valence-corrected chi connectivity index (χ0v) is 34.7. The van der Waals surface area contributed by atoms with Crippen molar-refractivity contribution >= 4 is 36.0 Å². The van der Waals surface area contributed by atoms with E-state index in [1.165, 1.54) is 58.6 Å². The van der Waals surface area contributed by atoms with Gasteiger partial charge in [0.05, 0.1) is 19.4 Å². The van der Waals surface area contributed by atoms with E-state index in [0.717, 1.165) is 13.0 Å². The van der Waals surface area contributed by atoms with Crippen molar-refractivity contribution in [1.82, 2.24) is 4.57 Å². The first-order valence-corrected chi connectivity index (χ1v) is 25.9. The van der Waals surface area contributed by atoms with Crippen LogP contribution in [0.1, 0.15) is 79.8 Å². The molecule has 0 bridgehead atoms. The second-order valence-electron chi connectivity index (χ2n) is 14.2. The van der Waals surface area contributed by atoms with Crippen LogP contribution >= 0.6 is 17.0 Å². The molecule has 0 saturated carbocycles. The number of hydrogen-bond acceptors (Lipinski definition) is 1. The van der Waals surface area contributed by atoms with Gasteiger partial charge in [0.25, 0.3) is 0 Å². The van der Waals surface area contributed by atoms with Crippen molar-refractivity contribution in [2.45, 2.75) is 75.7 Å². The summed E-state index contributed by atoms with van der Waals surface area (Å²) in [5, 5.41) is 1.44. The molecule has 2 aliphatic rings. The molecule has 6 heteroatoms. The summed E-state index contributed by atoms with van der Waals surface area (Å²) in [7, 11) is 10.0. The summed E-state index contributed by atoms with van der Waals surface area (Å²) in [6.45, 7) is 10.1. The van der Waals surface area contributed by atoms with E-state index < -0.39 is 28.9 Å². The first-order valence-electron chi connectivity index (χ1n) is 16.7. The van der Waals surface area contributed by atoms with Crippen molar-refractivity contribution < 1.29 is 25.6 Å². The number of para-hydroxylation sites is 1. The fourth-order valence-corrected chi connectivity index (χ4v) is 14.3. The van der Waals surface area contributed by atoms with Gasteiger partial charge in [-0.05, 0) is 66.6 Å². The summed E-state index contributed by atoms with van der Waals surface area (Å²) >= 11 is -0.826. The summed E-state index contributed by atoms with van der Waals surface area (Å²) in [5.74, 6) is 0. The van der Waals surface area contributed by atoms with Gasteiger partial charge in [-0.2, -0.15) is 0 Å². The molecule has 0 N–H and O–H groups in total. The van der Waals surface area contributed by atoms with Gasteiger partial charge in [0.1, 0.15) is 0 Å². The van der Waals surface area contributed by atoms with Crippen LogP contribution in [0.3, 0.4) is 0 Å². The summed E-state index contributed by atoms with van der Waals surface area (Å²) < 4.78 is 8.52. The predicted octanol–water partition coefficient (Wildman–Crippen LogP) is 12.9. The second-order valence-corrected chi connectivity index (χ2v) is 22.6. The molecule has 0 aliphatic heterocycles. The summed E-state index contributed by atoms with van der Waals surface area (Å²) in [5.41, 5.74) is 14.3. The van der Waals surface area contributed by atoms with Crippen LogP contribution in [0.4, 0.5) is 0 Å². The van der Waals surface area contributed by atoms with Gasteiger partial charge >= 0.3 is 37.9 Å². The zero-order chi connectivity index (χ0) is 32.5. The van der Waals surface area contributed by atoms with E-state index in [9.17, 15) is 0 Å². The molecule has 252 valence electrons. The van der Waals surface area contributed by atoms with Gasteiger partial charge in [-0.3, -0.25) is 0 Å². The summed E-state index contributed by atoms with van der Waals surface area (Å²) in [6.07, 6.45) is 4.92. The Kier molecular flexibility index (Phi) is 13.3. The first-order chi connectivity index (χ1) is 22.2. The minimum absolute atomic E-state index is 0. The van der Waals surface area contributed by atoms with Crippen molar-refractivity contribution in [3.05, 3.63) is 134 Å². The average molecular weight is 776 g/mol. The monoisotopic (exact) mass is 773 g/mol. The Hall–Kier alpha value is -1.94. The molecule has 0 radical (unpaired) electrons. The molecule has 1 aromatic heterocycles. The number of fused-ring (bicyclic) bond motifs is 8. The molecule has 5 aromatic rings. The molecule has 2 nitrogen and oxygen atoms in total. The Morgan fingerprint density at radius 2 is 1.17 bits per heavy atom. The molecule has 0 saturated heterocycles. The van der Waals surface area contributed by atoms with Gasteiger partial charge in [-0.25, -0.2) is 0 Å². The van der Waals surface area contributed by atoms with Crippen molar-refractivity contribution in [3.63, 3.8) is 0 Å². The second kappa shape index (κ2) is 16.4. The van der Waals surface area contributed by atoms with E-state index in [1.54, 1.807) is 22.3 Å². The van der Waals surface area contributed by atoms with E-state index in [0.29, 0.717) is 11.1 Å². The van der Waals surface area contributed by atoms with Crippen LogP contribution in [-0.2, 0) is 32.6 Å². The fourth-order valence-electron chi connectivity index (χ4n) is 8.51. The quantitative estimate of drug-likeness (QED) is 0.0826. The van der Waals surface area contributed by atoms with Gasteiger partial charge in [0.2, 0.25) is 0 Å². The fraction of sp³-hybridized carbons (Fsp3) is 0.333. The Balaban J connectivity index is 0.00000100. The molecule has 0 fully saturated rings. The van der Waals surface area contributed by atoms with E-state index in [1.807, 2.05) is 0 Å². The van der Waals surface area contributed by atoms with Gasteiger partial charge in [-0.15, -0.1) is 0 Å². The van der Waals surface area contributed by atoms with Crippen molar-refractivity contribution in [2.24, 2.45) is 7.05 Å². The maximum atomic E-state index is 6.05. The van der Waals surface area contributed by atoms with Crippen LogP contribution in [0.2, 0.25) is 12.6 Å². The van der Waals surface area contributed by atoms with Crippen LogP contribution in [0.5, 0.6) is 0 Å². The number of aromatic nitrogens is 1. The van der Waals surface area contributed by atoms with Crippen molar-refractivity contribution in [1.29, 1.82) is 0 Å². The maximum absolute atomic E-state index is 6.05. The third kappa shape index (κ3) is 7.26. The molecular weight excluding hydrogens is 725 g/mol. The van der Waals surface area contributed by atoms with Crippen molar-refractivity contribution in [2.75, 3.05) is 6.61 Å². The molecule has 0 amide bonds. The average Bonchev–Trinajstić information content (AvgIpc) is 3.67. The van der Waals surface area contributed by atoms with Crippen LogP contribution < -0.4 is 0 Å². The Morgan fingerprint density at radius 1 is 0.688 bits per heavy atom. The number of aryl methyl sites for hydroxylation is 1. The van der Waals surface area contributed by atoms with E-state index in [4.69, 9.17) is 21.8 Å². The number of halogens is 2. The minimum atomic E-state index is -2.14.